The van der Waals surface area contributed by atoms with Gasteiger partial charge in [-0.25, -0.2) is 0 Å². The van der Waals surface area contributed by atoms with E-state index in [9.17, 15) is 0 Å². The van der Waals surface area contributed by atoms with E-state index in [1.54, 1.807) is 0 Å². The molecular formula is C58H36N4O2. The zero-order chi connectivity index (χ0) is 41.9. The third-order valence-electron chi connectivity index (χ3n) is 13.0. The topological polar surface area (TPSA) is 39.2 Å². The van der Waals surface area contributed by atoms with E-state index < -0.39 is 0 Å². The fraction of sp³-hybridized carbons (Fsp3) is 0. The van der Waals surface area contributed by atoms with Crippen molar-refractivity contribution in [1.29, 1.82) is 0 Å². The molecule has 0 fully saturated rings. The Balaban J connectivity index is 1.03. The summed E-state index contributed by atoms with van der Waals surface area (Å²) in [6, 6.07) is 77.9. The number of rotatable bonds is 4. The predicted molar refractivity (Wildman–Crippen MR) is 264 cm³/mol. The molecule has 6 nitrogen and oxygen atoms in total. The summed E-state index contributed by atoms with van der Waals surface area (Å²) in [5.41, 5.74) is 16.3. The van der Waals surface area contributed by atoms with E-state index in [4.69, 9.17) is 8.83 Å². The van der Waals surface area contributed by atoms with Crippen LogP contribution in [0.4, 0.5) is 68.2 Å². The summed E-state index contributed by atoms with van der Waals surface area (Å²) in [5.74, 6) is 0. The molecule has 0 bridgehead atoms. The first-order valence-corrected chi connectivity index (χ1v) is 21.7. The molecule has 0 aliphatic carbocycles. The van der Waals surface area contributed by atoms with Gasteiger partial charge in [-0.3, -0.25) is 0 Å². The molecule has 64 heavy (non-hydrogen) atoms. The molecule has 14 rings (SSSR count). The Morgan fingerprint density at radius 1 is 0.203 bits per heavy atom. The molecule has 2 aliphatic rings. The number of para-hydroxylation sites is 8. The number of nitrogens with zero attached hydrogens (tertiary/aromatic N) is 4. The Kier molecular flexibility index (Phi) is 7.30. The summed E-state index contributed by atoms with van der Waals surface area (Å²) >= 11 is 0. The third-order valence-corrected chi connectivity index (χ3v) is 13.0. The van der Waals surface area contributed by atoms with Gasteiger partial charge in [-0.1, -0.05) is 121 Å². The lowest BCUT2D eigenvalue weighted by atomic mass is 9.98. The highest BCUT2D eigenvalue weighted by Gasteiger charge is 2.35. The Labute approximate surface area is 368 Å². The van der Waals surface area contributed by atoms with Crippen LogP contribution in [0, 0.1) is 0 Å². The van der Waals surface area contributed by atoms with Gasteiger partial charge in [0.05, 0.1) is 56.9 Å². The van der Waals surface area contributed by atoms with E-state index >= 15 is 0 Å². The minimum absolute atomic E-state index is 0.847. The average Bonchev–Trinajstić information content (AvgIpc) is 3.91. The Morgan fingerprint density at radius 3 is 0.969 bits per heavy atom. The molecular weight excluding hydrogens is 785 g/mol. The molecule has 0 spiro atoms. The van der Waals surface area contributed by atoms with E-state index in [2.05, 4.69) is 226 Å². The summed E-state index contributed by atoms with van der Waals surface area (Å²) in [7, 11) is 0. The molecule has 12 aromatic rings. The number of furan rings is 2. The van der Waals surface area contributed by atoms with Gasteiger partial charge >= 0.3 is 0 Å². The van der Waals surface area contributed by atoms with Crippen LogP contribution in [-0.4, -0.2) is 0 Å². The first-order valence-electron chi connectivity index (χ1n) is 21.7. The number of benzene rings is 10. The Hall–Kier alpha value is -8.74. The number of hydrogen-bond donors (Lipinski definition) is 0. The van der Waals surface area contributed by atoms with E-state index in [-0.39, 0.29) is 0 Å². The van der Waals surface area contributed by atoms with Crippen molar-refractivity contribution in [3.05, 3.63) is 218 Å². The van der Waals surface area contributed by atoms with Gasteiger partial charge < -0.3 is 28.4 Å². The smallest absolute Gasteiger partial charge is 0.137 e. The summed E-state index contributed by atoms with van der Waals surface area (Å²) in [4.78, 5) is 9.63. The van der Waals surface area contributed by atoms with Crippen LogP contribution in [0.5, 0.6) is 0 Å². The van der Waals surface area contributed by atoms with Crippen LogP contribution in [0.2, 0.25) is 0 Å². The summed E-state index contributed by atoms with van der Waals surface area (Å²) in [6.07, 6.45) is 0. The lowest BCUT2D eigenvalue weighted by molar-refractivity contribution is 0.668. The van der Waals surface area contributed by atoms with Crippen molar-refractivity contribution in [3.63, 3.8) is 0 Å². The van der Waals surface area contributed by atoms with E-state index in [1.807, 2.05) is 12.1 Å². The minimum atomic E-state index is 0.847. The molecule has 4 heterocycles. The largest absolute Gasteiger partial charge is 0.456 e. The summed E-state index contributed by atoms with van der Waals surface area (Å²) in [6.45, 7) is 0. The average molecular weight is 821 g/mol. The zero-order valence-electron chi connectivity index (χ0n) is 34.4. The second-order valence-corrected chi connectivity index (χ2v) is 16.5. The molecule has 0 amide bonds. The van der Waals surface area contributed by atoms with E-state index in [1.165, 1.54) is 0 Å². The van der Waals surface area contributed by atoms with Crippen molar-refractivity contribution in [3.8, 4) is 0 Å². The lowest BCUT2D eigenvalue weighted by Crippen LogP contribution is -2.24. The van der Waals surface area contributed by atoms with Crippen LogP contribution in [0.25, 0.3) is 54.6 Å². The van der Waals surface area contributed by atoms with Gasteiger partial charge in [0.15, 0.2) is 0 Å². The monoisotopic (exact) mass is 820 g/mol. The Bertz CT molecular complexity index is 3580. The highest BCUT2D eigenvalue weighted by molar-refractivity contribution is 6.17. The molecule has 10 aromatic carbocycles. The molecule has 300 valence electrons. The van der Waals surface area contributed by atoms with E-state index in [0.29, 0.717) is 0 Å². The molecule has 6 heteroatoms. The van der Waals surface area contributed by atoms with Crippen LogP contribution in [0.1, 0.15) is 0 Å². The fourth-order valence-corrected chi connectivity index (χ4v) is 10.3. The maximum absolute atomic E-state index is 6.61. The maximum Gasteiger partial charge on any atom is 0.137 e. The van der Waals surface area contributed by atoms with Crippen molar-refractivity contribution in [1.82, 2.24) is 0 Å². The van der Waals surface area contributed by atoms with Gasteiger partial charge in [0.1, 0.15) is 22.3 Å². The van der Waals surface area contributed by atoms with Crippen molar-refractivity contribution < 1.29 is 8.83 Å². The minimum Gasteiger partial charge on any atom is -0.456 e. The first kappa shape index (κ1) is 34.9. The van der Waals surface area contributed by atoms with Crippen LogP contribution < -0.4 is 19.6 Å². The fourth-order valence-electron chi connectivity index (χ4n) is 10.3. The highest BCUT2D eigenvalue weighted by atomic mass is 16.3. The van der Waals surface area contributed by atoms with Crippen LogP contribution in [0.15, 0.2) is 227 Å². The van der Waals surface area contributed by atoms with Crippen LogP contribution in [-0.2, 0) is 0 Å². The zero-order valence-corrected chi connectivity index (χ0v) is 34.4. The van der Waals surface area contributed by atoms with E-state index in [0.717, 1.165) is 123 Å². The summed E-state index contributed by atoms with van der Waals surface area (Å²) < 4.78 is 13.2. The number of fused-ring (bicyclic) bond motifs is 11. The van der Waals surface area contributed by atoms with Crippen molar-refractivity contribution in [2.75, 3.05) is 19.6 Å². The standard InChI is InChI=1S/C58H36N4O2/c1-3-17-37(18-4-1)59-47-25-9-11-27-49(47)61(53-35-57-43(33-51(53)59)41-21-7-13-31-55(41)63-57)45-29-15-24-40-39(45)23-16-30-46(40)62-50-28-12-10-26-48(50)60(38-19-5-2-6-20-38)52-34-44-42-22-8-14-32-56(42)64-58(44)36-54(52)62/h1-36H. The molecule has 2 aromatic heterocycles. The van der Waals surface area contributed by atoms with Gasteiger partial charge in [-0.2, -0.15) is 0 Å². The highest BCUT2D eigenvalue weighted by Crippen LogP contribution is 2.59. The molecule has 0 atom stereocenters. The van der Waals surface area contributed by atoms with Gasteiger partial charge in [-0.15, -0.1) is 0 Å². The maximum atomic E-state index is 6.61. The first-order chi connectivity index (χ1) is 31.8. The van der Waals surface area contributed by atoms with Crippen molar-refractivity contribution in [2.24, 2.45) is 0 Å². The number of hydrogen-bond acceptors (Lipinski definition) is 6. The summed E-state index contributed by atoms with van der Waals surface area (Å²) in [5, 5.41) is 6.60. The van der Waals surface area contributed by atoms with Crippen molar-refractivity contribution in [2.45, 2.75) is 0 Å². The van der Waals surface area contributed by atoms with Crippen LogP contribution >= 0.6 is 0 Å². The molecule has 2 aliphatic heterocycles. The number of anilines is 12. The SMILES string of the molecule is c1ccc(N2c3ccccc3N(c3cccc4c(N5c6ccccc6N(c6ccccc6)c6cc7c(cc65)oc5ccccc57)cccc34)c3cc4oc5ccccc5c4cc32)cc1. The quantitative estimate of drug-likeness (QED) is 0.176. The van der Waals surface area contributed by atoms with Gasteiger partial charge in [0, 0.05) is 55.8 Å². The molecule has 0 saturated heterocycles. The predicted octanol–water partition coefficient (Wildman–Crippen LogP) is 17.1. The molecule has 0 saturated carbocycles. The molecule has 0 N–H and O–H groups in total. The lowest BCUT2D eigenvalue weighted by Gasteiger charge is -2.41. The third kappa shape index (κ3) is 4.96. The van der Waals surface area contributed by atoms with Gasteiger partial charge in [-0.05, 0) is 84.9 Å². The van der Waals surface area contributed by atoms with Crippen molar-refractivity contribution >= 4 is 123 Å². The second-order valence-electron chi connectivity index (χ2n) is 16.5. The molecule has 0 radical (unpaired) electrons. The van der Waals surface area contributed by atoms with Gasteiger partial charge in [0.2, 0.25) is 0 Å². The normalized spacial score (nSPS) is 13.2. The molecule has 0 unspecified atom stereocenters. The van der Waals surface area contributed by atoms with Gasteiger partial charge in [0.25, 0.3) is 0 Å². The Morgan fingerprint density at radius 2 is 0.531 bits per heavy atom. The second kappa shape index (κ2) is 13.4. The van der Waals surface area contributed by atoms with Crippen LogP contribution in [0.3, 0.4) is 0 Å².